The molecule has 1 aliphatic rings. The van der Waals surface area contributed by atoms with Gasteiger partial charge in [-0.3, -0.25) is 14.5 Å². The molecule has 5 heteroatoms. The molecule has 1 aromatic carbocycles. The van der Waals surface area contributed by atoms with E-state index in [0.717, 1.165) is 29.7 Å². The molecular weight excluding hydrogens is 268 g/mol. The first-order valence-electron chi connectivity index (χ1n) is 7.31. The fourth-order valence-electron chi connectivity index (χ4n) is 2.89. The predicted octanol–water partition coefficient (Wildman–Crippen LogP) is 2.18. The van der Waals surface area contributed by atoms with Crippen molar-refractivity contribution in [3.8, 4) is 0 Å². The molecule has 0 aromatic heterocycles. The highest BCUT2D eigenvalue weighted by Gasteiger charge is 2.29. The molecule has 1 unspecified atom stereocenters. The molecule has 0 saturated carbocycles. The zero-order chi connectivity index (χ0) is 15.4. The maximum Gasteiger partial charge on any atom is 0.320 e. The zero-order valence-corrected chi connectivity index (χ0v) is 12.6. The van der Waals surface area contributed by atoms with E-state index >= 15 is 0 Å². The number of likely N-dealkylation sites (tertiary alicyclic amines) is 1. The van der Waals surface area contributed by atoms with Gasteiger partial charge in [-0.2, -0.15) is 0 Å². The molecule has 5 nitrogen and oxygen atoms in total. The number of hydrogen-bond donors (Lipinski definition) is 2. The van der Waals surface area contributed by atoms with Crippen molar-refractivity contribution in [1.82, 2.24) is 4.90 Å². The normalized spacial score (nSPS) is 19.2. The Hall–Kier alpha value is -1.88. The molecule has 1 aromatic rings. The Bertz CT molecular complexity index is 522. The highest BCUT2D eigenvalue weighted by Crippen LogP contribution is 2.18. The van der Waals surface area contributed by atoms with E-state index in [2.05, 4.69) is 5.32 Å². The largest absolute Gasteiger partial charge is 0.480 e. The van der Waals surface area contributed by atoms with E-state index in [1.165, 1.54) is 0 Å². The molecule has 1 saturated heterocycles. The highest BCUT2D eigenvalue weighted by atomic mass is 16.4. The van der Waals surface area contributed by atoms with E-state index < -0.39 is 12.0 Å². The summed E-state index contributed by atoms with van der Waals surface area (Å²) in [5, 5.41) is 12.1. The second-order valence-corrected chi connectivity index (χ2v) is 5.74. The Morgan fingerprint density at radius 1 is 1.24 bits per heavy atom. The van der Waals surface area contributed by atoms with Crippen molar-refractivity contribution < 1.29 is 14.7 Å². The number of rotatable bonds is 4. The first kappa shape index (κ1) is 15.5. The minimum absolute atomic E-state index is 0.129. The van der Waals surface area contributed by atoms with Crippen LogP contribution >= 0.6 is 0 Å². The summed E-state index contributed by atoms with van der Waals surface area (Å²) in [5.74, 6) is -0.998. The lowest BCUT2D eigenvalue weighted by Gasteiger charge is -2.32. The van der Waals surface area contributed by atoms with Crippen LogP contribution in [0.25, 0.3) is 0 Å². The number of anilines is 1. The third-order valence-electron chi connectivity index (χ3n) is 3.75. The molecule has 0 bridgehead atoms. The van der Waals surface area contributed by atoms with Crippen molar-refractivity contribution in [2.24, 2.45) is 0 Å². The van der Waals surface area contributed by atoms with E-state index in [1.54, 1.807) is 4.90 Å². The van der Waals surface area contributed by atoms with Crippen molar-refractivity contribution in [2.45, 2.75) is 39.2 Å². The summed E-state index contributed by atoms with van der Waals surface area (Å²) in [6.07, 6.45) is 2.47. The van der Waals surface area contributed by atoms with Gasteiger partial charge < -0.3 is 10.4 Å². The molecule has 1 fully saturated rings. The van der Waals surface area contributed by atoms with E-state index in [-0.39, 0.29) is 12.5 Å². The molecule has 21 heavy (non-hydrogen) atoms. The van der Waals surface area contributed by atoms with Gasteiger partial charge in [-0.05, 0) is 56.5 Å². The van der Waals surface area contributed by atoms with Crippen LogP contribution in [0.4, 0.5) is 5.69 Å². The minimum atomic E-state index is -0.839. The summed E-state index contributed by atoms with van der Waals surface area (Å²) in [5.41, 5.74) is 2.94. The van der Waals surface area contributed by atoms with Crippen LogP contribution in [0.1, 0.15) is 30.4 Å². The van der Waals surface area contributed by atoms with Gasteiger partial charge >= 0.3 is 5.97 Å². The number of carboxylic acid groups (broad SMARTS) is 1. The maximum absolute atomic E-state index is 12.1. The zero-order valence-electron chi connectivity index (χ0n) is 12.6. The number of carboxylic acids is 1. The molecule has 1 heterocycles. The average molecular weight is 290 g/mol. The summed E-state index contributed by atoms with van der Waals surface area (Å²) >= 11 is 0. The van der Waals surface area contributed by atoms with Gasteiger partial charge in [0, 0.05) is 5.69 Å². The molecule has 1 atom stereocenters. The van der Waals surface area contributed by atoms with Crippen LogP contribution in [0.3, 0.4) is 0 Å². The molecule has 0 spiro atoms. The second kappa shape index (κ2) is 6.72. The smallest absolute Gasteiger partial charge is 0.320 e. The lowest BCUT2D eigenvalue weighted by Crippen LogP contribution is -2.47. The average Bonchev–Trinajstić information content (AvgIpc) is 2.37. The van der Waals surface area contributed by atoms with Crippen LogP contribution in [-0.4, -0.2) is 41.0 Å². The first-order chi connectivity index (χ1) is 9.95. The SMILES string of the molecule is Cc1cc(C)cc(NC(=O)CN2CCCCC2C(=O)O)c1. The molecule has 1 aliphatic heterocycles. The summed E-state index contributed by atoms with van der Waals surface area (Å²) < 4.78 is 0. The number of carbonyl (C=O) groups is 2. The number of carbonyl (C=O) groups excluding carboxylic acids is 1. The molecule has 2 N–H and O–H groups in total. The van der Waals surface area contributed by atoms with Crippen molar-refractivity contribution in [3.05, 3.63) is 29.3 Å². The third-order valence-corrected chi connectivity index (χ3v) is 3.75. The van der Waals surface area contributed by atoms with Gasteiger partial charge in [-0.25, -0.2) is 0 Å². The van der Waals surface area contributed by atoms with Crippen LogP contribution in [-0.2, 0) is 9.59 Å². The first-order valence-corrected chi connectivity index (χ1v) is 7.31. The van der Waals surface area contributed by atoms with Crippen LogP contribution < -0.4 is 5.32 Å². The number of amides is 1. The van der Waals surface area contributed by atoms with E-state index in [1.807, 2.05) is 32.0 Å². The number of aliphatic carboxylic acids is 1. The molecule has 114 valence electrons. The van der Waals surface area contributed by atoms with Gasteiger partial charge in [-0.15, -0.1) is 0 Å². The number of hydrogen-bond acceptors (Lipinski definition) is 3. The predicted molar refractivity (Wildman–Crippen MR) is 81.4 cm³/mol. The highest BCUT2D eigenvalue weighted by molar-refractivity contribution is 5.92. The Labute approximate surface area is 125 Å². The summed E-state index contributed by atoms with van der Waals surface area (Å²) in [7, 11) is 0. The van der Waals surface area contributed by atoms with Gasteiger partial charge in [0.25, 0.3) is 0 Å². The van der Waals surface area contributed by atoms with Crippen molar-refractivity contribution in [3.63, 3.8) is 0 Å². The minimum Gasteiger partial charge on any atom is -0.480 e. The molecule has 0 aliphatic carbocycles. The van der Waals surface area contributed by atoms with Crippen LogP contribution in [0, 0.1) is 13.8 Å². The molecular formula is C16H22N2O3. The van der Waals surface area contributed by atoms with Crippen molar-refractivity contribution >= 4 is 17.6 Å². The second-order valence-electron chi connectivity index (χ2n) is 5.74. The lowest BCUT2D eigenvalue weighted by molar-refractivity contribution is -0.145. The van der Waals surface area contributed by atoms with Crippen molar-refractivity contribution in [2.75, 3.05) is 18.4 Å². The van der Waals surface area contributed by atoms with Gasteiger partial charge in [0.15, 0.2) is 0 Å². The van der Waals surface area contributed by atoms with Gasteiger partial charge in [-0.1, -0.05) is 12.5 Å². The molecule has 1 amide bonds. The Morgan fingerprint density at radius 2 is 1.90 bits per heavy atom. The van der Waals surface area contributed by atoms with Gasteiger partial charge in [0.05, 0.1) is 6.54 Å². The van der Waals surface area contributed by atoms with Gasteiger partial charge in [0.1, 0.15) is 6.04 Å². The van der Waals surface area contributed by atoms with Crippen LogP contribution in [0.15, 0.2) is 18.2 Å². The van der Waals surface area contributed by atoms with E-state index in [4.69, 9.17) is 0 Å². The summed E-state index contributed by atoms with van der Waals surface area (Å²) in [6.45, 7) is 4.75. The van der Waals surface area contributed by atoms with E-state index in [9.17, 15) is 14.7 Å². The standard InChI is InChI=1S/C16H22N2O3/c1-11-7-12(2)9-13(8-11)17-15(19)10-18-6-4-3-5-14(18)16(20)21/h7-9,14H,3-6,10H2,1-2H3,(H,17,19)(H,20,21). The monoisotopic (exact) mass is 290 g/mol. The summed E-state index contributed by atoms with van der Waals surface area (Å²) in [4.78, 5) is 25.1. The van der Waals surface area contributed by atoms with Crippen molar-refractivity contribution in [1.29, 1.82) is 0 Å². The van der Waals surface area contributed by atoms with Crippen LogP contribution in [0.5, 0.6) is 0 Å². The fourth-order valence-corrected chi connectivity index (χ4v) is 2.89. The van der Waals surface area contributed by atoms with E-state index in [0.29, 0.717) is 13.0 Å². The molecule has 0 radical (unpaired) electrons. The van der Waals surface area contributed by atoms with Gasteiger partial charge in [0.2, 0.25) is 5.91 Å². The number of benzene rings is 1. The summed E-state index contributed by atoms with van der Waals surface area (Å²) in [6, 6.07) is 5.33. The number of nitrogens with zero attached hydrogens (tertiary/aromatic N) is 1. The Morgan fingerprint density at radius 3 is 2.52 bits per heavy atom. The topological polar surface area (TPSA) is 69.6 Å². The molecule has 2 rings (SSSR count). The number of aryl methyl sites for hydroxylation is 2. The Balaban J connectivity index is 1.98. The Kier molecular flexibility index (Phi) is 4.96. The van der Waals surface area contributed by atoms with Crippen LogP contribution in [0.2, 0.25) is 0 Å². The number of piperidine rings is 1. The maximum atomic E-state index is 12.1. The lowest BCUT2D eigenvalue weighted by atomic mass is 10.0. The third kappa shape index (κ3) is 4.29. The quantitative estimate of drug-likeness (QED) is 0.891. The fraction of sp³-hybridized carbons (Fsp3) is 0.500. The number of nitrogens with one attached hydrogen (secondary N) is 1.